The van der Waals surface area contributed by atoms with Gasteiger partial charge >= 0.3 is 0 Å². The van der Waals surface area contributed by atoms with Crippen molar-refractivity contribution < 1.29 is 4.39 Å². The zero-order valence-corrected chi connectivity index (χ0v) is 17.7. The van der Waals surface area contributed by atoms with Crippen molar-refractivity contribution in [3.8, 4) is 34.2 Å². The summed E-state index contributed by atoms with van der Waals surface area (Å²) in [6.45, 7) is 5.68. The minimum absolute atomic E-state index is 0.352. The summed E-state index contributed by atoms with van der Waals surface area (Å²) in [5.41, 5.74) is 4.08. The topological polar surface area (TPSA) is 38.7 Å². The predicted molar refractivity (Wildman–Crippen MR) is 129 cm³/mol. The van der Waals surface area contributed by atoms with Gasteiger partial charge in [-0.05, 0) is 30.2 Å². The number of hydrogen-bond donors (Lipinski definition) is 0. The van der Waals surface area contributed by atoms with E-state index < -0.39 is 0 Å². The Bertz CT molecular complexity index is 1240. The fourth-order valence-electron chi connectivity index (χ4n) is 3.40. The first-order valence-corrected chi connectivity index (χ1v) is 10.3. The highest BCUT2D eigenvalue weighted by Gasteiger charge is 2.16. The van der Waals surface area contributed by atoms with Crippen molar-refractivity contribution in [2.75, 3.05) is 0 Å². The lowest BCUT2D eigenvalue weighted by Gasteiger charge is -2.12. The average molecular weight is 420 g/mol. The maximum absolute atomic E-state index is 14.4. The maximum atomic E-state index is 14.4. The highest BCUT2D eigenvalue weighted by molar-refractivity contribution is 5.84. The van der Waals surface area contributed by atoms with E-state index in [1.54, 1.807) is 12.1 Å². The molecule has 0 bridgehead atoms. The second-order valence-electron chi connectivity index (χ2n) is 7.07. The lowest BCUT2D eigenvalue weighted by Crippen LogP contribution is -2.02. The smallest absolute Gasteiger partial charge is 0.164 e. The quantitative estimate of drug-likeness (QED) is 0.311. The first-order chi connectivity index (χ1) is 15.7. The maximum Gasteiger partial charge on any atom is 0.164 e. The molecule has 0 fully saturated rings. The van der Waals surface area contributed by atoms with Gasteiger partial charge in [0.05, 0.1) is 0 Å². The monoisotopic (exact) mass is 419 g/mol. The summed E-state index contributed by atoms with van der Waals surface area (Å²) in [4.78, 5) is 14.2. The van der Waals surface area contributed by atoms with Crippen LogP contribution >= 0.6 is 0 Å². The summed E-state index contributed by atoms with van der Waals surface area (Å²) in [6.07, 6.45) is 7.45. The molecule has 1 heterocycles. The van der Waals surface area contributed by atoms with Gasteiger partial charge in [-0.3, -0.25) is 0 Å². The normalized spacial score (nSPS) is 11.6. The zero-order chi connectivity index (χ0) is 22.3. The lowest BCUT2D eigenvalue weighted by atomic mass is 9.98. The molecule has 1 aromatic heterocycles. The van der Waals surface area contributed by atoms with Gasteiger partial charge in [-0.2, -0.15) is 0 Å². The molecule has 0 aliphatic heterocycles. The van der Waals surface area contributed by atoms with Gasteiger partial charge in [-0.1, -0.05) is 97.6 Å². The van der Waals surface area contributed by atoms with Crippen LogP contribution in [-0.2, 0) is 0 Å². The van der Waals surface area contributed by atoms with Gasteiger partial charge in [0.25, 0.3) is 0 Å². The van der Waals surface area contributed by atoms with Crippen LogP contribution < -0.4 is 0 Å². The zero-order valence-electron chi connectivity index (χ0n) is 17.7. The minimum atomic E-state index is -0.352. The molecule has 0 radical (unpaired) electrons. The number of hydrogen-bond acceptors (Lipinski definition) is 3. The second-order valence-corrected chi connectivity index (χ2v) is 7.07. The number of halogens is 1. The Labute approximate surface area is 187 Å². The fourth-order valence-corrected chi connectivity index (χ4v) is 3.40. The summed E-state index contributed by atoms with van der Waals surface area (Å²) in [6, 6.07) is 24.1. The standard InChI is InChI=1S/C28H22FN3/c1-3-5-12-20(4-2)24-18-17-23(29)19-25(24)28-31-26(21-13-8-6-9-14-21)30-27(32-28)22-15-10-7-11-16-22/h3-19H,1H2,2H3/b12-5-,20-4+. The average Bonchev–Trinajstić information content (AvgIpc) is 2.86. The Morgan fingerprint density at radius 2 is 1.34 bits per heavy atom. The van der Waals surface area contributed by atoms with Gasteiger partial charge in [0, 0.05) is 16.7 Å². The first kappa shape index (κ1) is 21.1. The molecule has 0 saturated heterocycles. The summed E-state index contributed by atoms with van der Waals surface area (Å²) >= 11 is 0. The van der Waals surface area contributed by atoms with E-state index in [2.05, 4.69) is 6.58 Å². The van der Waals surface area contributed by atoms with Crippen molar-refractivity contribution in [3.05, 3.63) is 121 Å². The van der Waals surface area contributed by atoms with Crippen molar-refractivity contribution in [2.45, 2.75) is 6.92 Å². The number of benzene rings is 3. The molecule has 0 aliphatic rings. The van der Waals surface area contributed by atoms with Crippen LogP contribution in [0.3, 0.4) is 0 Å². The predicted octanol–water partition coefficient (Wildman–Crippen LogP) is 7.16. The van der Waals surface area contributed by atoms with E-state index in [9.17, 15) is 4.39 Å². The van der Waals surface area contributed by atoms with E-state index in [0.717, 1.165) is 22.3 Å². The van der Waals surface area contributed by atoms with Crippen molar-refractivity contribution in [1.29, 1.82) is 0 Å². The Hall–Kier alpha value is -4.18. The molecule has 156 valence electrons. The van der Waals surface area contributed by atoms with Gasteiger partial charge < -0.3 is 0 Å². The number of aromatic nitrogens is 3. The third-order valence-electron chi connectivity index (χ3n) is 4.96. The Kier molecular flexibility index (Phi) is 6.42. The molecule has 32 heavy (non-hydrogen) atoms. The molecule has 4 aromatic rings. The molecule has 0 unspecified atom stereocenters. The van der Waals surface area contributed by atoms with Gasteiger partial charge in [-0.15, -0.1) is 0 Å². The molecule has 3 aromatic carbocycles. The van der Waals surface area contributed by atoms with E-state index in [1.807, 2.05) is 85.8 Å². The van der Waals surface area contributed by atoms with Crippen molar-refractivity contribution >= 4 is 5.57 Å². The summed E-state index contributed by atoms with van der Waals surface area (Å²) in [5.74, 6) is 1.13. The number of allylic oxidation sites excluding steroid dienone is 5. The van der Waals surface area contributed by atoms with Crippen LogP contribution in [0.2, 0.25) is 0 Å². The third-order valence-corrected chi connectivity index (χ3v) is 4.96. The number of rotatable bonds is 6. The molecule has 0 saturated carbocycles. The molecule has 3 nitrogen and oxygen atoms in total. The summed E-state index contributed by atoms with van der Waals surface area (Å²) in [7, 11) is 0. The first-order valence-electron chi connectivity index (χ1n) is 10.3. The largest absolute Gasteiger partial charge is 0.208 e. The Balaban J connectivity index is 1.97. The molecule has 0 N–H and O–H groups in total. The third kappa shape index (κ3) is 4.60. The van der Waals surface area contributed by atoms with Crippen LogP contribution in [0.15, 0.2) is 110 Å². The van der Waals surface area contributed by atoms with E-state index in [0.29, 0.717) is 23.0 Å². The van der Waals surface area contributed by atoms with Crippen LogP contribution in [0.4, 0.5) is 4.39 Å². The van der Waals surface area contributed by atoms with Gasteiger partial charge in [0.2, 0.25) is 0 Å². The molecular formula is C28H22FN3. The van der Waals surface area contributed by atoms with Crippen LogP contribution in [-0.4, -0.2) is 15.0 Å². The highest BCUT2D eigenvalue weighted by atomic mass is 19.1. The molecule has 0 spiro atoms. The Morgan fingerprint density at radius 3 is 1.88 bits per heavy atom. The second kappa shape index (κ2) is 9.75. The molecule has 4 heteroatoms. The summed E-state index contributed by atoms with van der Waals surface area (Å²) < 4.78 is 14.4. The van der Waals surface area contributed by atoms with Crippen LogP contribution in [0.5, 0.6) is 0 Å². The molecular weight excluding hydrogens is 397 g/mol. The molecule has 4 rings (SSSR count). The van der Waals surface area contributed by atoms with Gasteiger partial charge in [0.1, 0.15) is 5.82 Å². The molecule has 0 amide bonds. The fraction of sp³-hybridized carbons (Fsp3) is 0.0357. The summed E-state index contributed by atoms with van der Waals surface area (Å²) in [5, 5.41) is 0. The highest BCUT2D eigenvalue weighted by Crippen LogP contribution is 2.31. The SMILES string of the molecule is C=C/C=C\C(=C/C)c1ccc(F)cc1-c1nc(-c2ccccc2)nc(-c2ccccc2)n1. The van der Waals surface area contributed by atoms with Gasteiger partial charge in [-0.25, -0.2) is 19.3 Å². The van der Waals surface area contributed by atoms with Crippen LogP contribution in [0.25, 0.3) is 39.7 Å². The van der Waals surface area contributed by atoms with Crippen LogP contribution in [0.1, 0.15) is 12.5 Å². The van der Waals surface area contributed by atoms with Crippen LogP contribution in [0, 0.1) is 5.82 Å². The minimum Gasteiger partial charge on any atom is -0.208 e. The molecule has 0 atom stereocenters. The van der Waals surface area contributed by atoms with E-state index in [4.69, 9.17) is 15.0 Å². The van der Waals surface area contributed by atoms with Crippen molar-refractivity contribution in [1.82, 2.24) is 15.0 Å². The Morgan fingerprint density at radius 1 is 0.781 bits per heavy atom. The van der Waals surface area contributed by atoms with Gasteiger partial charge in [0.15, 0.2) is 17.5 Å². The van der Waals surface area contributed by atoms with Crippen molar-refractivity contribution in [2.24, 2.45) is 0 Å². The van der Waals surface area contributed by atoms with Crippen molar-refractivity contribution in [3.63, 3.8) is 0 Å². The lowest BCUT2D eigenvalue weighted by molar-refractivity contribution is 0.628. The van der Waals surface area contributed by atoms with E-state index >= 15 is 0 Å². The number of nitrogens with zero attached hydrogens (tertiary/aromatic N) is 3. The van der Waals surface area contributed by atoms with E-state index in [-0.39, 0.29) is 5.82 Å². The van der Waals surface area contributed by atoms with E-state index in [1.165, 1.54) is 12.1 Å². The molecule has 0 aliphatic carbocycles.